The minimum absolute atomic E-state index is 0.0251. The van der Waals surface area contributed by atoms with Crippen LogP contribution in [0.15, 0.2) is 12.1 Å². The average molecular weight is 315 g/mol. The molecule has 0 spiro atoms. The number of anilines is 1. The number of esters is 1. The van der Waals surface area contributed by atoms with Gasteiger partial charge in [0.15, 0.2) is 5.69 Å². The number of carbonyl (C=O) groups excluding carboxylic acids is 1. The summed E-state index contributed by atoms with van der Waals surface area (Å²) in [5, 5.41) is 23.0. The molecular weight excluding hydrogens is 298 g/mol. The van der Waals surface area contributed by atoms with E-state index in [1.807, 2.05) is 6.26 Å². The van der Waals surface area contributed by atoms with Gasteiger partial charge in [0.05, 0.1) is 18.6 Å². The predicted octanol–water partition coefficient (Wildman–Crippen LogP) is 1.30. The Morgan fingerprint density at radius 3 is 2.76 bits per heavy atom. The van der Waals surface area contributed by atoms with E-state index in [-0.39, 0.29) is 35.1 Å². The van der Waals surface area contributed by atoms with Crippen molar-refractivity contribution in [3.8, 4) is 0 Å². The lowest BCUT2D eigenvalue weighted by atomic mass is 10.2. The van der Waals surface area contributed by atoms with Crippen LogP contribution in [0.25, 0.3) is 0 Å². The molecule has 0 aliphatic carbocycles. The van der Waals surface area contributed by atoms with E-state index in [9.17, 15) is 20.0 Å². The smallest absolute Gasteiger partial charge is 0.356 e. The quantitative estimate of drug-likeness (QED) is 0.439. The van der Waals surface area contributed by atoms with Crippen LogP contribution in [0.3, 0.4) is 0 Å². The van der Waals surface area contributed by atoms with Crippen LogP contribution >= 0.6 is 11.8 Å². The van der Waals surface area contributed by atoms with Crippen molar-refractivity contribution in [1.29, 1.82) is 0 Å². The van der Waals surface area contributed by atoms with Crippen molar-refractivity contribution in [3.63, 3.8) is 0 Å². The Morgan fingerprint density at radius 2 is 2.29 bits per heavy atom. The van der Waals surface area contributed by atoms with Crippen LogP contribution in [0.4, 0.5) is 11.5 Å². The SMILES string of the molecule is COC(=O)c1ccc([N+](=O)[O-])c(NC(C)C(CO)SC)n1. The highest BCUT2D eigenvalue weighted by Crippen LogP contribution is 2.25. The van der Waals surface area contributed by atoms with Crippen molar-refractivity contribution in [1.82, 2.24) is 4.98 Å². The Hall–Kier alpha value is -1.87. The first-order valence-corrected chi connectivity index (χ1v) is 7.37. The number of nitrogens with zero attached hydrogens (tertiary/aromatic N) is 2. The van der Waals surface area contributed by atoms with Gasteiger partial charge in [0, 0.05) is 17.4 Å². The number of hydrogen-bond donors (Lipinski definition) is 2. The van der Waals surface area contributed by atoms with Crippen LogP contribution in [-0.2, 0) is 4.74 Å². The van der Waals surface area contributed by atoms with Crippen molar-refractivity contribution < 1.29 is 19.6 Å². The number of aliphatic hydroxyl groups is 1. The van der Waals surface area contributed by atoms with E-state index in [2.05, 4.69) is 15.0 Å². The molecular formula is C12H17N3O5S. The molecule has 0 aromatic carbocycles. The zero-order valence-electron chi connectivity index (χ0n) is 11.9. The van der Waals surface area contributed by atoms with Gasteiger partial charge in [-0.2, -0.15) is 11.8 Å². The van der Waals surface area contributed by atoms with Crippen molar-refractivity contribution in [3.05, 3.63) is 27.9 Å². The first-order valence-electron chi connectivity index (χ1n) is 6.08. The fourth-order valence-corrected chi connectivity index (χ4v) is 2.29. The summed E-state index contributed by atoms with van der Waals surface area (Å²) in [4.78, 5) is 25.8. The molecule has 1 rings (SSSR count). The number of methoxy groups -OCH3 is 1. The Bertz CT molecular complexity index is 522. The highest BCUT2D eigenvalue weighted by molar-refractivity contribution is 7.99. The number of aromatic nitrogens is 1. The van der Waals surface area contributed by atoms with E-state index in [0.29, 0.717) is 0 Å². The zero-order chi connectivity index (χ0) is 16.0. The molecule has 2 unspecified atom stereocenters. The summed E-state index contributed by atoms with van der Waals surface area (Å²) in [5.74, 6) is -0.702. The van der Waals surface area contributed by atoms with Crippen molar-refractivity contribution in [2.45, 2.75) is 18.2 Å². The molecule has 9 heteroatoms. The van der Waals surface area contributed by atoms with Gasteiger partial charge in [0.2, 0.25) is 5.82 Å². The monoisotopic (exact) mass is 315 g/mol. The summed E-state index contributed by atoms with van der Waals surface area (Å²) in [6.45, 7) is 1.69. The predicted molar refractivity (Wildman–Crippen MR) is 79.7 cm³/mol. The van der Waals surface area contributed by atoms with E-state index in [1.165, 1.54) is 31.0 Å². The van der Waals surface area contributed by atoms with Gasteiger partial charge in [-0.3, -0.25) is 10.1 Å². The lowest BCUT2D eigenvalue weighted by molar-refractivity contribution is -0.384. The highest BCUT2D eigenvalue weighted by Gasteiger charge is 2.23. The number of carbonyl (C=O) groups is 1. The molecule has 116 valence electrons. The van der Waals surface area contributed by atoms with Gasteiger partial charge >= 0.3 is 11.7 Å². The van der Waals surface area contributed by atoms with Crippen LogP contribution in [0.1, 0.15) is 17.4 Å². The molecule has 0 saturated heterocycles. The van der Waals surface area contributed by atoms with Gasteiger partial charge in [-0.15, -0.1) is 0 Å². The van der Waals surface area contributed by atoms with Gasteiger partial charge in [0.25, 0.3) is 0 Å². The summed E-state index contributed by atoms with van der Waals surface area (Å²) < 4.78 is 4.54. The standard InChI is InChI=1S/C12H17N3O5S/c1-7(10(6-16)21-3)13-11-9(15(18)19)5-4-8(14-11)12(17)20-2/h4-5,7,10,16H,6H2,1-3H3,(H,13,14). The molecule has 0 aliphatic heterocycles. The number of ether oxygens (including phenoxy) is 1. The fourth-order valence-electron chi connectivity index (χ4n) is 1.67. The molecule has 8 nitrogen and oxygen atoms in total. The lowest BCUT2D eigenvalue weighted by Gasteiger charge is -2.21. The summed E-state index contributed by atoms with van der Waals surface area (Å²) in [6.07, 6.45) is 1.83. The zero-order valence-corrected chi connectivity index (χ0v) is 12.7. The molecule has 0 radical (unpaired) electrons. The summed E-state index contributed by atoms with van der Waals surface area (Å²) >= 11 is 1.42. The van der Waals surface area contributed by atoms with Crippen LogP contribution in [0.2, 0.25) is 0 Å². The van der Waals surface area contributed by atoms with Crippen LogP contribution in [-0.4, -0.2) is 52.2 Å². The van der Waals surface area contributed by atoms with Crippen molar-refractivity contribution in [2.24, 2.45) is 0 Å². The molecule has 1 aromatic heterocycles. The third-order valence-corrected chi connectivity index (χ3v) is 4.03. The molecule has 0 fully saturated rings. The number of aliphatic hydroxyl groups excluding tert-OH is 1. The number of pyridine rings is 1. The molecule has 2 atom stereocenters. The van der Waals surface area contributed by atoms with Gasteiger partial charge in [0.1, 0.15) is 0 Å². The minimum atomic E-state index is -0.677. The molecule has 1 heterocycles. The molecule has 2 N–H and O–H groups in total. The topological polar surface area (TPSA) is 115 Å². The second-order valence-electron chi connectivity index (χ2n) is 4.20. The molecule has 0 bridgehead atoms. The van der Waals surface area contributed by atoms with Crippen LogP contribution in [0, 0.1) is 10.1 Å². The second-order valence-corrected chi connectivity index (χ2v) is 5.28. The Balaban J connectivity index is 3.11. The van der Waals surface area contributed by atoms with Crippen molar-refractivity contribution in [2.75, 3.05) is 25.3 Å². The first-order chi connectivity index (χ1) is 9.94. The molecule has 0 amide bonds. The van der Waals surface area contributed by atoms with E-state index in [0.717, 1.165) is 0 Å². The second kappa shape index (κ2) is 7.79. The normalized spacial score (nSPS) is 13.3. The van der Waals surface area contributed by atoms with E-state index in [1.54, 1.807) is 6.92 Å². The van der Waals surface area contributed by atoms with Crippen molar-refractivity contribution >= 4 is 29.2 Å². The minimum Gasteiger partial charge on any atom is -0.464 e. The Kier molecular flexibility index (Phi) is 6.38. The average Bonchev–Trinajstić information content (AvgIpc) is 2.47. The third-order valence-electron chi connectivity index (χ3n) is 2.87. The van der Waals surface area contributed by atoms with Gasteiger partial charge in [-0.25, -0.2) is 9.78 Å². The lowest BCUT2D eigenvalue weighted by Crippen LogP contribution is -2.31. The molecule has 0 saturated carbocycles. The molecule has 0 aliphatic rings. The van der Waals surface area contributed by atoms with E-state index in [4.69, 9.17) is 0 Å². The summed E-state index contributed by atoms with van der Waals surface area (Å²) in [6, 6.07) is 2.16. The van der Waals surface area contributed by atoms with Gasteiger partial charge in [-0.1, -0.05) is 0 Å². The van der Waals surface area contributed by atoms with Crippen LogP contribution in [0.5, 0.6) is 0 Å². The first kappa shape index (κ1) is 17.2. The maximum absolute atomic E-state index is 11.5. The Labute approximate surface area is 126 Å². The number of thioether (sulfide) groups is 1. The van der Waals surface area contributed by atoms with Gasteiger partial charge < -0.3 is 15.2 Å². The molecule has 1 aromatic rings. The van der Waals surface area contributed by atoms with E-state index < -0.39 is 10.9 Å². The number of hydrogen-bond acceptors (Lipinski definition) is 8. The summed E-state index contributed by atoms with van der Waals surface area (Å²) in [7, 11) is 1.21. The molecule has 21 heavy (non-hydrogen) atoms. The van der Waals surface area contributed by atoms with Crippen LogP contribution < -0.4 is 5.32 Å². The maximum atomic E-state index is 11.5. The number of nitro groups is 1. The fraction of sp³-hybridized carbons (Fsp3) is 0.500. The third kappa shape index (κ3) is 4.30. The summed E-state index contributed by atoms with van der Waals surface area (Å²) in [5.41, 5.74) is -0.269. The number of nitrogens with one attached hydrogen (secondary N) is 1. The van der Waals surface area contributed by atoms with Gasteiger partial charge in [-0.05, 0) is 19.2 Å². The van der Waals surface area contributed by atoms with E-state index >= 15 is 0 Å². The largest absolute Gasteiger partial charge is 0.464 e. The Morgan fingerprint density at radius 1 is 1.62 bits per heavy atom. The highest BCUT2D eigenvalue weighted by atomic mass is 32.2. The maximum Gasteiger partial charge on any atom is 0.356 e. The number of rotatable bonds is 7.